The Bertz CT molecular complexity index is 351. The van der Waals surface area contributed by atoms with Gasteiger partial charge in [-0.1, -0.05) is 0 Å². The molecule has 0 aromatic heterocycles. The summed E-state index contributed by atoms with van der Waals surface area (Å²) in [5, 5.41) is 0. The lowest BCUT2D eigenvalue weighted by Gasteiger charge is -2.11. The number of hydrogen-bond donors (Lipinski definition) is 0. The fraction of sp³-hybridized carbons (Fsp3) is 0.300. The van der Waals surface area contributed by atoms with Crippen molar-refractivity contribution in [2.75, 3.05) is 21.3 Å². The predicted molar refractivity (Wildman–Crippen MR) is 51.5 cm³/mol. The molecule has 1 aromatic rings. The van der Waals surface area contributed by atoms with E-state index in [2.05, 4.69) is 0 Å². The number of benzene rings is 1. The molecule has 0 saturated carbocycles. The van der Waals surface area contributed by atoms with Crippen molar-refractivity contribution in [1.29, 1.82) is 0 Å². The molecule has 0 unspecified atom stereocenters. The molecule has 1 rings (SSSR count). The van der Waals surface area contributed by atoms with Gasteiger partial charge in [-0.25, -0.2) is 0 Å². The van der Waals surface area contributed by atoms with E-state index >= 15 is 0 Å². The van der Waals surface area contributed by atoms with Crippen molar-refractivity contribution >= 4 is 6.04 Å². The molecule has 5 heteroatoms. The normalized spacial score (nSPS) is 9.60. The van der Waals surface area contributed by atoms with Crippen LogP contribution in [-0.2, 0) is 0 Å². The summed E-state index contributed by atoms with van der Waals surface area (Å²) in [5.74, 6) is 0.589. The highest BCUT2D eigenvalue weighted by Gasteiger charge is 2.19. The summed E-state index contributed by atoms with van der Waals surface area (Å²) in [6.45, 7) is 0. The standard InChI is InChI=1S/C10H11FO4/c1-13-6-4-7(14-2)9(10(11)12)8(5-6)15-3/h4-5H,1-3H3. The van der Waals surface area contributed by atoms with Crippen LogP contribution >= 0.6 is 0 Å². The SMILES string of the molecule is COc1cc(OC)c(C(=O)F)c(OC)c1. The quantitative estimate of drug-likeness (QED) is 0.717. The molecule has 0 spiro atoms. The molecule has 0 aliphatic rings. The minimum Gasteiger partial charge on any atom is -0.496 e. The van der Waals surface area contributed by atoms with Gasteiger partial charge in [0.05, 0.1) is 21.3 Å². The maximum atomic E-state index is 12.7. The molecule has 0 fully saturated rings. The Kier molecular flexibility index (Phi) is 3.49. The first-order valence-electron chi connectivity index (χ1n) is 4.13. The largest absolute Gasteiger partial charge is 0.496 e. The third-order valence-electron chi connectivity index (χ3n) is 1.91. The highest BCUT2D eigenvalue weighted by Crippen LogP contribution is 2.34. The van der Waals surface area contributed by atoms with E-state index < -0.39 is 6.04 Å². The highest BCUT2D eigenvalue weighted by atomic mass is 19.1. The average molecular weight is 214 g/mol. The zero-order valence-corrected chi connectivity index (χ0v) is 8.67. The van der Waals surface area contributed by atoms with Crippen LogP contribution in [0.1, 0.15) is 10.4 Å². The monoisotopic (exact) mass is 214 g/mol. The maximum Gasteiger partial charge on any atom is 0.339 e. The molecule has 1 aromatic carbocycles. The Morgan fingerprint density at radius 1 is 1.07 bits per heavy atom. The summed E-state index contributed by atoms with van der Waals surface area (Å²) in [5.41, 5.74) is -0.235. The van der Waals surface area contributed by atoms with E-state index in [-0.39, 0.29) is 17.1 Å². The van der Waals surface area contributed by atoms with Crippen LogP contribution < -0.4 is 14.2 Å². The molecule has 0 aliphatic heterocycles. The molecular formula is C10H11FO4. The van der Waals surface area contributed by atoms with Gasteiger partial charge >= 0.3 is 6.04 Å². The second-order valence-corrected chi connectivity index (χ2v) is 2.68. The number of methoxy groups -OCH3 is 3. The van der Waals surface area contributed by atoms with E-state index in [0.29, 0.717) is 5.75 Å². The van der Waals surface area contributed by atoms with E-state index in [1.807, 2.05) is 0 Å². The summed E-state index contributed by atoms with van der Waals surface area (Å²) in [4.78, 5) is 10.7. The van der Waals surface area contributed by atoms with Crippen LogP contribution in [0, 0.1) is 0 Å². The fourth-order valence-electron chi connectivity index (χ4n) is 1.20. The maximum absolute atomic E-state index is 12.7. The van der Waals surface area contributed by atoms with E-state index in [0.717, 1.165) is 0 Å². The van der Waals surface area contributed by atoms with Gasteiger partial charge in [-0.05, 0) is 0 Å². The van der Waals surface area contributed by atoms with E-state index in [1.54, 1.807) is 0 Å². The molecule has 0 radical (unpaired) electrons. The Morgan fingerprint density at radius 2 is 1.53 bits per heavy atom. The molecule has 4 nitrogen and oxygen atoms in total. The molecule has 0 bridgehead atoms. The Morgan fingerprint density at radius 3 is 1.80 bits per heavy atom. The lowest BCUT2D eigenvalue weighted by Crippen LogP contribution is -2.01. The lowest BCUT2D eigenvalue weighted by atomic mass is 10.1. The number of halogens is 1. The van der Waals surface area contributed by atoms with Gasteiger partial charge in [0.15, 0.2) is 0 Å². The third kappa shape index (κ3) is 2.18. The fourth-order valence-corrected chi connectivity index (χ4v) is 1.20. The first kappa shape index (κ1) is 11.3. The van der Waals surface area contributed by atoms with Crippen LogP contribution in [0.2, 0.25) is 0 Å². The average Bonchev–Trinajstić information content (AvgIpc) is 2.26. The predicted octanol–water partition coefficient (Wildman–Crippen LogP) is 1.82. The second kappa shape index (κ2) is 4.63. The van der Waals surface area contributed by atoms with Gasteiger partial charge in [-0.3, -0.25) is 4.79 Å². The summed E-state index contributed by atoms with van der Waals surface area (Å²) in [6, 6.07) is 1.22. The van der Waals surface area contributed by atoms with Crippen molar-refractivity contribution in [3.8, 4) is 17.2 Å². The number of carbonyl (C=O) groups excluding carboxylic acids is 1. The van der Waals surface area contributed by atoms with Crippen LogP contribution in [0.25, 0.3) is 0 Å². The van der Waals surface area contributed by atoms with Crippen LogP contribution in [-0.4, -0.2) is 27.4 Å². The number of ether oxygens (including phenoxy) is 3. The molecule has 0 N–H and O–H groups in total. The van der Waals surface area contributed by atoms with Crippen molar-refractivity contribution in [2.45, 2.75) is 0 Å². The van der Waals surface area contributed by atoms with Gasteiger partial charge in [0.25, 0.3) is 0 Å². The van der Waals surface area contributed by atoms with Gasteiger partial charge in [0, 0.05) is 12.1 Å². The smallest absolute Gasteiger partial charge is 0.339 e. The number of rotatable bonds is 4. The summed E-state index contributed by atoms with van der Waals surface area (Å²) in [6.07, 6.45) is 0. The van der Waals surface area contributed by atoms with E-state index in [1.165, 1.54) is 33.5 Å². The molecule has 0 saturated heterocycles. The molecule has 0 aliphatic carbocycles. The van der Waals surface area contributed by atoms with Crippen molar-refractivity contribution < 1.29 is 23.4 Å². The first-order chi connectivity index (χ1) is 7.13. The highest BCUT2D eigenvalue weighted by molar-refractivity contribution is 5.95. The molecular weight excluding hydrogens is 203 g/mol. The molecule has 0 amide bonds. The Balaban J connectivity index is 3.39. The van der Waals surface area contributed by atoms with Gasteiger partial charge in [-0.15, -0.1) is 0 Å². The van der Waals surface area contributed by atoms with E-state index in [4.69, 9.17) is 14.2 Å². The zero-order valence-electron chi connectivity index (χ0n) is 8.67. The van der Waals surface area contributed by atoms with E-state index in [9.17, 15) is 9.18 Å². The molecule has 15 heavy (non-hydrogen) atoms. The van der Waals surface area contributed by atoms with Crippen molar-refractivity contribution in [1.82, 2.24) is 0 Å². The summed E-state index contributed by atoms with van der Waals surface area (Å²) < 4.78 is 27.4. The number of carbonyl (C=O) groups is 1. The van der Waals surface area contributed by atoms with Gasteiger partial charge in [-0.2, -0.15) is 4.39 Å². The molecule has 0 heterocycles. The minimum absolute atomic E-state index is 0.0821. The minimum atomic E-state index is -1.61. The van der Waals surface area contributed by atoms with Crippen molar-refractivity contribution in [2.24, 2.45) is 0 Å². The Hall–Kier alpha value is -1.78. The van der Waals surface area contributed by atoms with Gasteiger partial charge < -0.3 is 14.2 Å². The summed E-state index contributed by atoms with van der Waals surface area (Å²) >= 11 is 0. The zero-order chi connectivity index (χ0) is 11.4. The summed E-state index contributed by atoms with van der Waals surface area (Å²) in [7, 11) is 4.12. The van der Waals surface area contributed by atoms with Crippen molar-refractivity contribution in [3.63, 3.8) is 0 Å². The van der Waals surface area contributed by atoms with Crippen LogP contribution in [0.5, 0.6) is 17.2 Å². The number of hydrogen-bond acceptors (Lipinski definition) is 4. The van der Waals surface area contributed by atoms with Crippen LogP contribution in [0.4, 0.5) is 4.39 Å². The van der Waals surface area contributed by atoms with Crippen molar-refractivity contribution in [3.05, 3.63) is 17.7 Å². The third-order valence-corrected chi connectivity index (χ3v) is 1.91. The topological polar surface area (TPSA) is 44.8 Å². The van der Waals surface area contributed by atoms with Gasteiger partial charge in [0.1, 0.15) is 22.8 Å². The Labute approximate surface area is 86.6 Å². The molecule has 82 valence electrons. The second-order valence-electron chi connectivity index (χ2n) is 2.68. The van der Waals surface area contributed by atoms with Crippen LogP contribution in [0.15, 0.2) is 12.1 Å². The lowest BCUT2D eigenvalue weighted by molar-refractivity contribution is 0.0829. The first-order valence-corrected chi connectivity index (χ1v) is 4.13. The molecule has 0 atom stereocenters. The van der Waals surface area contributed by atoms with Gasteiger partial charge in [0.2, 0.25) is 0 Å². The van der Waals surface area contributed by atoms with Crippen LogP contribution in [0.3, 0.4) is 0 Å².